The predicted octanol–water partition coefficient (Wildman–Crippen LogP) is 1.65. The van der Waals surface area contributed by atoms with Crippen molar-refractivity contribution in [3.05, 3.63) is 29.3 Å². The Labute approximate surface area is 97.4 Å². The van der Waals surface area contributed by atoms with Gasteiger partial charge in [-0.2, -0.15) is 0 Å². The van der Waals surface area contributed by atoms with Gasteiger partial charge in [0, 0.05) is 6.54 Å². The number of aliphatic hydroxyl groups excluding tert-OH is 1. The molecule has 0 amide bonds. The zero-order valence-electron chi connectivity index (χ0n) is 10.3. The lowest BCUT2D eigenvalue weighted by molar-refractivity contribution is 0.106. The normalized spacial score (nSPS) is 12.5. The standard InChI is InChI=1S/C13H21NO2/c1-4-14-8-12(15)9-16-13-7-10(2)5-6-11(13)3/h5-7,12,14-15H,4,8-9H2,1-3H3. The lowest BCUT2D eigenvalue weighted by Gasteiger charge is -2.14. The minimum Gasteiger partial charge on any atom is -0.491 e. The fourth-order valence-electron chi connectivity index (χ4n) is 1.42. The molecule has 0 aliphatic rings. The minimum absolute atomic E-state index is 0.331. The molecule has 1 unspecified atom stereocenters. The van der Waals surface area contributed by atoms with Crippen LogP contribution in [0.5, 0.6) is 5.75 Å². The molecule has 3 heteroatoms. The van der Waals surface area contributed by atoms with Crippen LogP contribution in [0.3, 0.4) is 0 Å². The zero-order chi connectivity index (χ0) is 12.0. The maximum Gasteiger partial charge on any atom is 0.122 e. The van der Waals surface area contributed by atoms with Crippen LogP contribution in [0, 0.1) is 13.8 Å². The summed E-state index contributed by atoms with van der Waals surface area (Å²) in [5.74, 6) is 0.857. The Morgan fingerprint density at radius 1 is 1.38 bits per heavy atom. The van der Waals surface area contributed by atoms with Gasteiger partial charge in [0.15, 0.2) is 0 Å². The molecule has 0 aromatic heterocycles. The first-order valence-electron chi connectivity index (χ1n) is 5.72. The van der Waals surface area contributed by atoms with E-state index in [0.717, 1.165) is 17.9 Å². The van der Waals surface area contributed by atoms with Gasteiger partial charge in [0.1, 0.15) is 18.5 Å². The molecule has 3 nitrogen and oxygen atoms in total. The first-order valence-corrected chi connectivity index (χ1v) is 5.72. The first-order chi connectivity index (χ1) is 7.63. The van der Waals surface area contributed by atoms with Crippen molar-refractivity contribution in [2.45, 2.75) is 26.9 Å². The average Bonchev–Trinajstić information content (AvgIpc) is 2.27. The van der Waals surface area contributed by atoms with Gasteiger partial charge < -0.3 is 15.2 Å². The van der Waals surface area contributed by atoms with Gasteiger partial charge in [0.25, 0.3) is 0 Å². The number of rotatable bonds is 6. The molecule has 0 bridgehead atoms. The molecule has 0 fully saturated rings. The lowest BCUT2D eigenvalue weighted by atomic mass is 10.1. The number of nitrogens with one attached hydrogen (secondary N) is 1. The van der Waals surface area contributed by atoms with Crippen LogP contribution in [0.2, 0.25) is 0 Å². The number of ether oxygens (including phenoxy) is 1. The Hall–Kier alpha value is -1.06. The van der Waals surface area contributed by atoms with Crippen LogP contribution in [-0.2, 0) is 0 Å². The van der Waals surface area contributed by atoms with E-state index in [1.807, 2.05) is 32.9 Å². The molecule has 0 saturated carbocycles. The summed E-state index contributed by atoms with van der Waals surface area (Å²) >= 11 is 0. The van der Waals surface area contributed by atoms with E-state index < -0.39 is 6.10 Å². The van der Waals surface area contributed by atoms with Crippen molar-refractivity contribution in [1.29, 1.82) is 0 Å². The van der Waals surface area contributed by atoms with Crippen LogP contribution < -0.4 is 10.1 Å². The summed E-state index contributed by atoms with van der Waals surface area (Å²) in [6, 6.07) is 6.08. The maximum absolute atomic E-state index is 9.61. The van der Waals surface area contributed by atoms with Crippen molar-refractivity contribution in [3.8, 4) is 5.75 Å². The van der Waals surface area contributed by atoms with E-state index in [1.165, 1.54) is 5.56 Å². The lowest BCUT2D eigenvalue weighted by Crippen LogP contribution is -2.31. The van der Waals surface area contributed by atoms with Crippen molar-refractivity contribution in [1.82, 2.24) is 5.32 Å². The van der Waals surface area contributed by atoms with Crippen molar-refractivity contribution < 1.29 is 9.84 Å². The molecular formula is C13H21NO2. The van der Waals surface area contributed by atoms with Crippen LogP contribution in [-0.4, -0.2) is 30.9 Å². The second-order valence-electron chi connectivity index (χ2n) is 4.04. The van der Waals surface area contributed by atoms with Crippen LogP contribution in [0.4, 0.5) is 0 Å². The number of likely N-dealkylation sites (N-methyl/N-ethyl adjacent to an activating group) is 1. The molecule has 90 valence electrons. The summed E-state index contributed by atoms with van der Waals surface area (Å²) in [5, 5.41) is 12.7. The Kier molecular flexibility index (Phi) is 5.29. The van der Waals surface area contributed by atoms with E-state index >= 15 is 0 Å². The number of aryl methyl sites for hydroxylation is 2. The highest BCUT2D eigenvalue weighted by Gasteiger charge is 2.05. The number of aliphatic hydroxyl groups is 1. The molecule has 1 aromatic carbocycles. The molecule has 0 saturated heterocycles. The Balaban J connectivity index is 2.44. The summed E-state index contributed by atoms with van der Waals surface area (Å²) in [5.41, 5.74) is 2.27. The molecule has 0 aliphatic carbocycles. The molecule has 1 aromatic rings. The Morgan fingerprint density at radius 3 is 2.81 bits per heavy atom. The Morgan fingerprint density at radius 2 is 2.12 bits per heavy atom. The number of benzene rings is 1. The van der Waals surface area contributed by atoms with Gasteiger partial charge in [-0.15, -0.1) is 0 Å². The van der Waals surface area contributed by atoms with Gasteiger partial charge in [0.2, 0.25) is 0 Å². The smallest absolute Gasteiger partial charge is 0.122 e. The van der Waals surface area contributed by atoms with Crippen LogP contribution in [0.25, 0.3) is 0 Å². The second-order valence-corrected chi connectivity index (χ2v) is 4.04. The van der Waals surface area contributed by atoms with E-state index in [-0.39, 0.29) is 0 Å². The molecule has 1 rings (SSSR count). The third-order valence-corrected chi connectivity index (χ3v) is 2.40. The third kappa shape index (κ3) is 4.21. The van der Waals surface area contributed by atoms with E-state index in [4.69, 9.17) is 4.74 Å². The molecule has 2 N–H and O–H groups in total. The highest BCUT2D eigenvalue weighted by molar-refractivity contribution is 5.35. The average molecular weight is 223 g/mol. The van der Waals surface area contributed by atoms with Gasteiger partial charge in [-0.3, -0.25) is 0 Å². The first kappa shape index (κ1) is 13.0. The van der Waals surface area contributed by atoms with Gasteiger partial charge in [0.05, 0.1) is 0 Å². The molecule has 16 heavy (non-hydrogen) atoms. The van der Waals surface area contributed by atoms with Gasteiger partial charge in [-0.1, -0.05) is 19.1 Å². The molecular weight excluding hydrogens is 202 g/mol. The van der Waals surface area contributed by atoms with Gasteiger partial charge in [-0.25, -0.2) is 0 Å². The van der Waals surface area contributed by atoms with Crippen LogP contribution in [0.1, 0.15) is 18.1 Å². The number of hydrogen-bond donors (Lipinski definition) is 2. The maximum atomic E-state index is 9.61. The molecule has 0 aliphatic heterocycles. The predicted molar refractivity (Wildman–Crippen MR) is 66.0 cm³/mol. The van der Waals surface area contributed by atoms with Crippen molar-refractivity contribution in [3.63, 3.8) is 0 Å². The van der Waals surface area contributed by atoms with Crippen molar-refractivity contribution in [2.75, 3.05) is 19.7 Å². The summed E-state index contributed by atoms with van der Waals surface area (Å²) < 4.78 is 5.59. The third-order valence-electron chi connectivity index (χ3n) is 2.40. The van der Waals surface area contributed by atoms with Crippen molar-refractivity contribution >= 4 is 0 Å². The van der Waals surface area contributed by atoms with Crippen LogP contribution >= 0.6 is 0 Å². The Bertz CT molecular complexity index is 326. The quantitative estimate of drug-likeness (QED) is 0.770. The SMILES string of the molecule is CCNCC(O)COc1cc(C)ccc1C. The van der Waals surface area contributed by atoms with E-state index in [2.05, 4.69) is 11.4 Å². The van der Waals surface area contributed by atoms with E-state index in [1.54, 1.807) is 0 Å². The molecule has 1 atom stereocenters. The highest BCUT2D eigenvalue weighted by Crippen LogP contribution is 2.19. The van der Waals surface area contributed by atoms with E-state index in [0.29, 0.717) is 13.2 Å². The fourth-order valence-corrected chi connectivity index (χ4v) is 1.42. The topological polar surface area (TPSA) is 41.5 Å². The van der Waals surface area contributed by atoms with Crippen molar-refractivity contribution in [2.24, 2.45) is 0 Å². The highest BCUT2D eigenvalue weighted by atomic mass is 16.5. The summed E-state index contributed by atoms with van der Waals surface area (Å²) in [6.07, 6.45) is -0.458. The molecule has 0 spiro atoms. The second kappa shape index (κ2) is 6.51. The fraction of sp³-hybridized carbons (Fsp3) is 0.538. The summed E-state index contributed by atoms with van der Waals surface area (Å²) in [4.78, 5) is 0. The summed E-state index contributed by atoms with van der Waals surface area (Å²) in [6.45, 7) is 7.81. The molecule has 0 heterocycles. The monoisotopic (exact) mass is 223 g/mol. The van der Waals surface area contributed by atoms with Crippen LogP contribution in [0.15, 0.2) is 18.2 Å². The number of hydrogen-bond acceptors (Lipinski definition) is 3. The zero-order valence-corrected chi connectivity index (χ0v) is 10.3. The largest absolute Gasteiger partial charge is 0.491 e. The van der Waals surface area contributed by atoms with Gasteiger partial charge in [-0.05, 0) is 37.6 Å². The molecule has 0 radical (unpaired) electrons. The van der Waals surface area contributed by atoms with Gasteiger partial charge >= 0.3 is 0 Å². The summed E-state index contributed by atoms with van der Waals surface area (Å²) in [7, 11) is 0. The minimum atomic E-state index is -0.458. The van der Waals surface area contributed by atoms with E-state index in [9.17, 15) is 5.11 Å².